The zero-order chi connectivity index (χ0) is 31.6. The molecule has 1 spiro atoms. The minimum Gasteiger partial charge on any atom is -0.465 e. The molecular weight excluding hydrogens is 562 g/mol. The lowest BCUT2D eigenvalue weighted by Crippen LogP contribution is -2.59. The Morgan fingerprint density at radius 1 is 1.23 bits per heavy atom. The first-order valence-electron chi connectivity index (χ1n) is 15.7. The number of likely N-dealkylation sites (tertiary alicyclic amines) is 1. The number of benzene rings is 1. The fourth-order valence-corrected chi connectivity index (χ4v) is 7.60. The van der Waals surface area contributed by atoms with Crippen LogP contribution in [-0.2, 0) is 30.5 Å². The molecule has 2 amide bonds. The second-order valence-electron chi connectivity index (χ2n) is 13.0. The summed E-state index contributed by atoms with van der Waals surface area (Å²) in [5.41, 5.74) is -0.715. The molecule has 44 heavy (non-hydrogen) atoms. The van der Waals surface area contributed by atoms with Crippen molar-refractivity contribution in [1.82, 2.24) is 24.8 Å². The standard InChI is InChI=1S/C33H45N5O6/c1-6-8-9-12-18-43-31(42)27-26-29(40)38(23(20-39)19-22(3)4)28(33(26)16-15-32(27,5)44-33)30(41)36(17-7-2)21-37-25-14-11-10-13-24(25)34-35-37/h6-7,10-11,13-14,22-23,26-28,39H,1-2,8-9,12,15-21H2,3-5H3/t23-,26+,27-,28?,32+,33?/m1/s1. The molecule has 1 aromatic heterocycles. The van der Waals surface area contributed by atoms with E-state index in [2.05, 4.69) is 23.5 Å². The summed E-state index contributed by atoms with van der Waals surface area (Å²) in [5, 5.41) is 19.1. The van der Waals surface area contributed by atoms with Gasteiger partial charge in [0.2, 0.25) is 11.8 Å². The van der Waals surface area contributed by atoms with E-state index >= 15 is 0 Å². The lowest BCUT2D eigenvalue weighted by molar-refractivity contribution is -0.162. The van der Waals surface area contributed by atoms with Crippen molar-refractivity contribution in [3.8, 4) is 0 Å². The summed E-state index contributed by atoms with van der Waals surface area (Å²) < 4.78 is 14.1. The van der Waals surface area contributed by atoms with Crippen molar-refractivity contribution in [3.63, 3.8) is 0 Å². The van der Waals surface area contributed by atoms with Crippen LogP contribution in [0.25, 0.3) is 11.0 Å². The molecule has 0 saturated carbocycles. The van der Waals surface area contributed by atoms with Crippen LogP contribution < -0.4 is 0 Å². The summed E-state index contributed by atoms with van der Waals surface area (Å²) in [6.45, 7) is 13.7. The van der Waals surface area contributed by atoms with Gasteiger partial charge in [0.1, 0.15) is 29.7 Å². The predicted octanol–water partition coefficient (Wildman–Crippen LogP) is 3.47. The van der Waals surface area contributed by atoms with E-state index in [1.54, 1.807) is 15.7 Å². The molecule has 3 fully saturated rings. The topological polar surface area (TPSA) is 127 Å². The number of fused-ring (bicyclic) bond motifs is 2. The van der Waals surface area contributed by atoms with E-state index in [-0.39, 0.29) is 44.2 Å². The molecule has 6 atom stereocenters. The smallest absolute Gasteiger partial charge is 0.312 e. The molecule has 1 N–H and O–H groups in total. The number of ether oxygens (including phenoxy) is 2. The highest BCUT2D eigenvalue weighted by molar-refractivity contribution is 5.98. The Kier molecular flexibility index (Phi) is 9.27. The third-order valence-corrected chi connectivity index (χ3v) is 9.48. The molecule has 11 heteroatoms. The Morgan fingerprint density at radius 2 is 2.00 bits per heavy atom. The number of esters is 1. The first-order valence-corrected chi connectivity index (χ1v) is 15.7. The minimum atomic E-state index is -1.23. The zero-order valence-corrected chi connectivity index (χ0v) is 26.1. The van der Waals surface area contributed by atoms with E-state index in [0.717, 1.165) is 18.4 Å². The Balaban J connectivity index is 1.51. The van der Waals surface area contributed by atoms with Gasteiger partial charge in [-0.15, -0.1) is 18.3 Å². The molecule has 5 rings (SSSR count). The molecule has 11 nitrogen and oxygen atoms in total. The largest absolute Gasteiger partial charge is 0.465 e. The van der Waals surface area contributed by atoms with E-state index < -0.39 is 41.1 Å². The van der Waals surface area contributed by atoms with Gasteiger partial charge in [0, 0.05) is 6.54 Å². The molecule has 3 saturated heterocycles. The van der Waals surface area contributed by atoms with Crippen LogP contribution >= 0.6 is 0 Å². The van der Waals surface area contributed by atoms with Crippen molar-refractivity contribution in [2.24, 2.45) is 17.8 Å². The van der Waals surface area contributed by atoms with Gasteiger partial charge in [-0.2, -0.15) is 0 Å². The number of hydrogen-bond acceptors (Lipinski definition) is 8. The SMILES string of the molecule is C=CCCCCOC(=O)[C@H]1[C@H]2C(=O)N([C@@H](CO)CC(C)C)C(C(=O)N(CC=C)Cn3nnc4ccccc43)C23CC[C@]1(C)O3. The summed E-state index contributed by atoms with van der Waals surface area (Å²) in [5.74, 6) is -2.76. The van der Waals surface area contributed by atoms with Crippen LogP contribution in [0.4, 0.5) is 0 Å². The highest BCUT2D eigenvalue weighted by Gasteiger charge is 2.79. The molecular formula is C33H45N5O6. The molecule has 238 valence electrons. The quantitative estimate of drug-likeness (QED) is 0.185. The van der Waals surface area contributed by atoms with Crippen LogP contribution in [0.5, 0.6) is 0 Å². The lowest BCUT2D eigenvalue weighted by Gasteiger charge is -2.39. The number of carbonyl (C=O) groups excluding carboxylic acids is 3. The maximum absolute atomic E-state index is 14.8. The van der Waals surface area contributed by atoms with Crippen molar-refractivity contribution in [3.05, 3.63) is 49.6 Å². The molecule has 2 aromatic rings. The maximum atomic E-state index is 14.8. The van der Waals surface area contributed by atoms with Gasteiger partial charge >= 0.3 is 5.97 Å². The van der Waals surface area contributed by atoms with Gasteiger partial charge in [0.15, 0.2) is 0 Å². The van der Waals surface area contributed by atoms with E-state index in [9.17, 15) is 19.5 Å². The van der Waals surface area contributed by atoms with Crippen molar-refractivity contribution < 1.29 is 29.0 Å². The second kappa shape index (κ2) is 12.8. The van der Waals surface area contributed by atoms with Crippen LogP contribution in [0.2, 0.25) is 0 Å². The number of hydrogen-bond donors (Lipinski definition) is 1. The van der Waals surface area contributed by atoms with Gasteiger partial charge in [-0.25, -0.2) is 4.68 Å². The molecule has 1 aromatic carbocycles. The number of aliphatic hydroxyl groups is 1. The average Bonchev–Trinajstić information content (AvgIpc) is 3.70. The second-order valence-corrected chi connectivity index (χ2v) is 13.0. The molecule has 3 aliphatic heterocycles. The van der Waals surface area contributed by atoms with Crippen molar-refractivity contribution in [2.75, 3.05) is 19.8 Å². The van der Waals surface area contributed by atoms with E-state index in [0.29, 0.717) is 31.2 Å². The summed E-state index contributed by atoms with van der Waals surface area (Å²) in [6, 6.07) is 5.81. The van der Waals surface area contributed by atoms with E-state index in [1.807, 2.05) is 51.1 Å². The summed E-state index contributed by atoms with van der Waals surface area (Å²) in [6.07, 6.45) is 7.25. The zero-order valence-electron chi connectivity index (χ0n) is 26.1. The number of unbranched alkanes of at least 4 members (excludes halogenated alkanes) is 2. The van der Waals surface area contributed by atoms with Crippen LogP contribution in [0, 0.1) is 17.8 Å². The number of para-hydroxylation sites is 1. The minimum absolute atomic E-state index is 0.0755. The van der Waals surface area contributed by atoms with Crippen molar-refractivity contribution in [2.45, 2.75) is 89.3 Å². The molecule has 4 heterocycles. The Hall–Kier alpha value is -3.57. The molecule has 0 radical (unpaired) electrons. The molecule has 0 aliphatic carbocycles. The number of amides is 2. The van der Waals surface area contributed by atoms with Gasteiger partial charge in [-0.1, -0.05) is 43.3 Å². The Labute approximate surface area is 258 Å². The summed E-state index contributed by atoms with van der Waals surface area (Å²) in [7, 11) is 0. The number of nitrogens with zero attached hydrogens (tertiary/aromatic N) is 5. The van der Waals surface area contributed by atoms with Crippen LogP contribution in [-0.4, -0.2) is 90.7 Å². The fraction of sp³-hybridized carbons (Fsp3) is 0.606. The third-order valence-electron chi connectivity index (χ3n) is 9.48. The van der Waals surface area contributed by atoms with E-state index in [4.69, 9.17) is 9.47 Å². The Morgan fingerprint density at radius 3 is 2.70 bits per heavy atom. The number of aromatic nitrogens is 3. The predicted molar refractivity (Wildman–Crippen MR) is 164 cm³/mol. The number of allylic oxidation sites excluding steroid dienone is 1. The van der Waals surface area contributed by atoms with Gasteiger partial charge in [-0.3, -0.25) is 14.4 Å². The summed E-state index contributed by atoms with van der Waals surface area (Å²) >= 11 is 0. The highest BCUT2D eigenvalue weighted by atomic mass is 16.6. The van der Waals surface area contributed by atoms with Gasteiger partial charge < -0.3 is 24.4 Å². The lowest BCUT2D eigenvalue weighted by atomic mass is 9.66. The van der Waals surface area contributed by atoms with Crippen LogP contribution in [0.1, 0.15) is 59.3 Å². The van der Waals surface area contributed by atoms with Crippen LogP contribution in [0.15, 0.2) is 49.6 Å². The summed E-state index contributed by atoms with van der Waals surface area (Å²) in [4.78, 5) is 46.1. The van der Waals surface area contributed by atoms with Gasteiger partial charge in [0.05, 0.1) is 36.3 Å². The first-order chi connectivity index (χ1) is 21.1. The molecule has 3 aliphatic rings. The van der Waals surface area contributed by atoms with Crippen molar-refractivity contribution >= 4 is 28.8 Å². The fourth-order valence-electron chi connectivity index (χ4n) is 7.60. The number of carbonyl (C=O) groups is 3. The van der Waals surface area contributed by atoms with Gasteiger partial charge in [0.25, 0.3) is 0 Å². The van der Waals surface area contributed by atoms with E-state index in [1.165, 1.54) is 4.90 Å². The molecule has 2 bridgehead atoms. The van der Waals surface area contributed by atoms with Crippen LogP contribution in [0.3, 0.4) is 0 Å². The monoisotopic (exact) mass is 607 g/mol. The average molecular weight is 608 g/mol. The first kappa shape index (κ1) is 31.8. The third kappa shape index (κ3) is 5.45. The number of aliphatic hydroxyl groups excluding tert-OH is 1. The van der Waals surface area contributed by atoms with Gasteiger partial charge in [-0.05, 0) is 63.5 Å². The van der Waals surface area contributed by atoms with Crippen molar-refractivity contribution in [1.29, 1.82) is 0 Å². The number of rotatable bonds is 15. The normalized spacial score (nSPS) is 28.0. The maximum Gasteiger partial charge on any atom is 0.312 e. The highest BCUT2D eigenvalue weighted by Crippen LogP contribution is 2.63. The molecule has 2 unspecified atom stereocenters. The Bertz CT molecular complexity index is 1410.